The predicted octanol–water partition coefficient (Wildman–Crippen LogP) is 4.35. The van der Waals surface area contributed by atoms with Crippen molar-refractivity contribution in [1.82, 2.24) is 19.5 Å². The van der Waals surface area contributed by atoms with Crippen molar-refractivity contribution in [3.05, 3.63) is 87.8 Å². The van der Waals surface area contributed by atoms with E-state index in [0.717, 1.165) is 16.9 Å². The van der Waals surface area contributed by atoms with Gasteiger partial charge in [-0.1, -0.05) is 49.4 Å². The van der Waals surface area contributed by atoms with Gasteiger partial charge in [0.15, 0.2) is 0 Å². The minimum Gasteiger partial charge on any atom is -0.496 e. The number of para-hydroxylation sites is 1. The quantitative estimate of drug-likeness (QED) is 0.393. The summed E-state index contributed by atoms with van der Waals surface area (Å²) in [6.45, 7) is 7.30. The fourth-order valence-electron chi connectivity index (χ4n) is 4.50. The molecule has 0 aliphatic rings. The number of fused-ring (bicyclic) bond motifs is 1. The van der Waals surface area contributed by atoms with E-state index in [1.54, 1.807) is 7.11 Å². The number of hydrogen-bond donors (Lipinski definition) is 1. The van der Waals surface area contributed by atoms with Crippen LogP contribution in [0.2, 0.25) is 0 Å². The molecule has 0 aliphatic carbocycles. The van der Waals surface area contributed by atoms with Gasteiger partial charge in [-0.2, -0.15) is 9.61 Å². The second kappa shape index (κ2) is 10.6. The lowest BCUT2D eigenvalue weighted by Crippen LogP contribution is -2.30. The van der Waals surface area contributed by atoms with Crippen molar-refractivity contribution < 1.29 is 9.53 Å². The number of aromatic nitrogens is 3. The van der Waals surface area contributed by atoms with Crippen molar-refractivity contribution in [1.29, 1.82) is 0 Å². The Morgan fingerprint density at radius 1 is 1.11 bits per heavy atom. The highest BCUT2D eigenvalue weighted by atomic mass is 16.5. The van der Waals surface area contributed by atoms with E-state index in [9.17, 15) is 9.59 Å². The first-order chi connectivity index (χ1) is 16.9. The highest BCUT2D eigenvalue weighted by molar-refractivity contribution is 5.76. The molecule has 0 radical (unpaired) electrons. The molecule has 2 heterocycles. The van der Waals surface area contributed by atoms with Crippen LogP contribution in [0, 0.1) is 6.92 Å². The van der Waals surface area contributed by atoms with Gasteiger partial charge >= 0.3 is 0 Å². The molecule has 0 aliphatic heterocycles. The van der Waals surface area contributed by atoms with Crippen LogP contribution >= 0.6 is 0 Å². The van der Waals surface area contributed by atoms with Crippen LogP contribution in [0.3, 0.4) is 0 Å². The van der Waals surface area contributed by atoms with Crippen LogP contribution in [-0.4, -0.2) is 33.7 Å². The number of amides is 1. The Kier molecular flexibility index (Phi) is 7.34. The second-order valence-electron chi connectivity index (χ2n) is 8.73. The lowest BCUT2D eigenvalue weighted by atomic mass is 10.0. The maximum atomic E-state index is 13.4. The zero-order valence-corrected chi connectivity index (χ0v) is 20.7. The molecule has 4 aromatic rings. The molecule has 0 saturated carbocycles. The van der Waals surface area contributed by atoms with E-state index >= 15 is 0 Å². The fourth-order valence-corrected chi connectivity index (χ4v) is 4.50. The fraction of sp³-hybridized carbons (Fsp3) is 0.321. The van der Waals surface area contributed by atoms with Gasteiger partial charge in [0.25, 0.3) is 5.56 Å². The van der Waals surface area contributed by atoms with Crippen molar-refractivity contribution in [3.8, 4) is 17.0 Å². The average Bonchev–Trinajstić information content (AvgIpc) is 3.33. The SMILES string of the molecule is CCn1c(C)c(CCC(=O)NC[C@H](C)c2ccccc2)c(=O)n2nc(-c3ccccc3OC)cc12. The lowest BCUT2D eigenvalue weighted by molar-refractivity contribution is -0.121. The van der Waals surface area contributed by atoms with Crippen molar-refractivity contribution in [2.24, 2.45) is 0 Å². The average molecular weight is 473 g/mol. The Morgan fingerprint density at radius 3 is 2.54 bits per heavy atom. The number of ether oxygens (including phenoxy) is 1. The molecule has 4 rings (SSSR count). The molecule has 35 heavy (non-hydrogen) atoms. The number of carbonyl (C=O) groups is 1. The third-order valence-electron chi connectivity index (χ3n) is 6.53. The highest BCUT2D eigenvalue weighted by Gasteiger charge is 2.19. The molecule has 2 aromatic carbocycles. The highest BCUT2D eigenvalue weighted by Crippen LogP contribution is 2.29. The first kappa shape index (κ1) is 24.3. The predicted molar refractivity (Wildman–Crippen MR) is 138 cm³/mol. The Bertz CT molecular complexity index is 1390. The number of aryl methyl sites for hydroxylation is 1. The van der Waals surface area contributed by atoms with E-state index in [0.29, 0.717) is 36.5 Å². The molecular formula is C28H32N4O3. The molecular weight excluding hydrogens is 440 g/mol. The zero-order chi connectivity index (χ0) is 24.9. The summed E-state index contributed by atoms with van der Waals surface area (Å²) in [5.74, 6) is 0.850. The molecule has 0 fully saturated rings. The minimum atomic E-state index is -0.186. The Hall–Kier alpha value is -3.87. The maximum Gasteiger partial charge on any atom is 0.277 e. The van der Waals surface area contributed by atoms with Crippen LogP contribution in [0.15, 0.2) is 65.5 Å². The number of rotatable bonds is 9. The smallest absolute Gasteiger partial charge is 0.277 e. The molecule has 0 saturated heterocycles. The van der Waals surface area contributed by atoms with Crippen LogP contribution in [0.5, 0.6) is 5.75 Å². The number of hydrogen-bond acceptors (Lipinski definition) is 4. The van der Waals surface area contributed by atoms with Gasteiger partial charge in [-0.15, -0.1) is 0 Å². The third-order valence-corrected chi connectivity index (χ3v) is 6.53. The van der Waals surface area contributed by atoms with E-state index in [2.05, 4.69) is 34.0 Å². The molecule has 182 valence electrons. The third kappa shape index (κ3) is 4.99. The summed E-state index contributed by atoms with van der Waals surface area (Å²) in [5.41, 5.74) is 4.69. The monoisotopic (exact) mass is 472 g/mol. The van der Waals surface area contributed by atoms with Crippen molar-refractivity contribution in [3.63, 3.8) is 0 Å². The van der Waals surface area contributed by atoms with Gasteiger partial charge < -0.3 is 14.6 Å². The van der Waals surface area contributed by atoms with Gasteiger partial charge in [0.2, 0.25) is 5.91 Å². The van der Waals surface area contributed by atoms with Crippen LogP contribution in [0.25, 0.3) is 16.9 Å². The van der Waals surface area contributed by atoms with E-state index < -0.39 is 0 Å². The van der Waals surface area contributed by atoms with Crippen LogP contribution in [0.4, 0.5) is 0 Å². The van der Waals surface area contributed by atoms with Gasteiger partial charge in [0.1, 0.15) is 11.4 Å². The summed E-state index contributed by atoms with van der Waals surface area (Å²) in [7, 11) is 1.62. The number of carbonyl (C=O) groups excluding carboxylic acids is 1. The standard InChI is InChI=1S/C28H32N4O3/c1-5-31-20(3)22(15-16-26(33)29-18-19(2)21-11-7-6-8-12-21)28(34)32-27(31)17-24(30-32)23-13-9-10-14-25(23)35-4/h6-14,17,19H,5,15-16,18H2,1-4H3,(H,29,33)/t19-/m0/s1. The lowest BCUT2D eigenvalue weighted by Gasteiger charge is -2.15. The number of methoxy groups -OCH3 is 1. The topological polar surface area (TPSA) is 77.6 Å². The first-order valence-electron chi connectivity index (χ1n) is 12.0. The number of benzene rings is 2. The Labute approximate surface area is 205 Å². The van der Waals surface area contributed by atoms with E-state index in [1.165, 1.54) is 10.1 Å². The summed E-state index contributed by atoms with van der Waals surface area (Å²) >= 11 is 0. The largest absolute Gasteiger partial charge is 0.496 e. The van der Waals surface area contributed by atoms with Gasteiger partial charge in [-0.3, -0.25) is 9.59 Å². The molecule has 0 unspecified atom stereocenters. The van der Waals surface area contributed by atoms with Crippen molar-refractivity contribution >= 4 is 11.6 Å². The van der Waals surface area contributed by atoms with Crippen LogP contribution < -0.4 is 15.6 Å². The van der Waals surface area contributed by atoms with Crippen LogP contribution in [0.1, 0.15) is 43.0 Å². The Balaban J connectivity index is 1.56. The number of nitrogens with zero attached hydrogens (tertiary/aromatic N) is 3. The summed E-state index contributed by atoms with van der Waals surface area (Å²) in [4.78, 5) is 26.0. The van der Waals surface area contributed by atoms with E-state index in [-0.39, 0.29) is 23.8 Å². The van der Waals surface area contributed by atoms with Gasteiger partial charge in [-0.25, -0.2) is 0 Å². The maximum absolute atomic E-state index is 13.4. The molecule has 2 aromatic heterocycles. The first-order valence-corrected chi connectivity index (χ1v) is 12.0. The molecule has 1 N–H and O–H groups in total. The molecule has 1 atom stereocenters. The zero-order valence-electron chi connectivity index (χ0n) is 20.7. The summed E-state index contributed by atoms with van der Waals surface area (Å²) in [5, 5.41) is 7.63. The van der Waals surface area contributed by atoms with Crippen LogP contribution in [-0.2, 0) is 17.8 Å². The summed E-state index contributed by atoms with van der Waals surface area (Å²) in [6, 6.07) is 19.6. The van der Waals surface area contributed by atoms with Gasteiger partial charge in [-0.05, 0) is 43.9 Å². The van der Waals surface area contributed by atoms with E-state index in [1.807, 2.05) is 62.4 Å². The van der Waals surface area contributed by atoms with Crippen molar-refractivity contribution in [2.45, 2.75) is 46.1 Å². The minimum absolute atomic E-state index is 0.0649. The van der Waals surface area contributed by atoms with Crippen molar-refractivity contribution in [2.75, 3.05) is 13.7 Å². The molecule has 0 spiro atoms. The molecule has 0 bridgehead atoms. The summed E-state index contributed by atoms with van der Waals surface area (Å²) in [6.07, 6.45) is 0.601. The van der Waals surface area contributed by atoms with E-state index in [4.69, 9.17) is 4.74 Å². The second-order valence-corrected chi connectivity index (χ2v) is 8.73. The van der Waals surface area contributed by atoms with Gasteiger partial charge in [0, 0.05) is 42.4 Å². The number of nitrogens with one attached hydrogen (secondary N) is 1. The van der Waals surface area contributed by atoms with Gasteiger partial charge in [0.05, 0.1) is 12.8 Å². The normalized spacial score (nSPS) is 12.0. The molecule has 7 nitrogen and oxygen atoms in total. The Morgan fingerprint density at radius 2 is 1.83 bits per heavy atom. The molecule has 1 amide bonds. The molecule has 7 heteroatoms. The summed E-state index contributed by atoms with van der Waals surface area (Å²) < 4.78 is 9.00.